The monoisotopic (exact) mass is 351 g/mol. The maximum Gasteiger partial charge on any atom is 0.267 e. The van der Waals surface area contributed by atoms with Crippen LogP contribution < -0.4 is 10.5 Å². The zero-order valence-corrected chi connectivity index (χ0v) is 15.2. The summed E-state index contributed by atoms with van der Waals surface area (Å²) in [7, 11) is 0. The summed E-state index contributed by atoms with van der Waals surface area (Å²) in [6.45, 7) is 1.67. The molecule has 2 aliphatic carbocycles. The van der Waals surface area contributed by atoms with E-state index in [2.05, 4.69) is 20.0 Å². The van der Waals surface area contributed by atoms with E-state index in [4.69, 9.17) is 0 Å². The summed E-state index contributed by atoms with van der Waals surface area (Å²) >= 11 is 0. The third-order valence-corrected chi connectivity index (χ3v) is 6.16. The van der Waals surface area contributed by atoms with E-state index in [0.29, 0.717) is 12.6 Å². The number of hydrogen-bond acceptors (Lipinski definition) is 5. The van der Waals surface area contributed by atoms with Gasteiger partial charge in [0.2, 0.25) is 0 Å². The summed E-state index contributed by atoms with van der Waals surface area (Å²) in [4.78, 5) is 24.1. The maximum absolute atomic E-state index is 12.5. The molecule has 5 rings (SSSR count). The average Bonchev–Trinajstić information content (AvgIpc) is 3.30. The van der Waals surface area contributed by atoms with Crippen molar-refractivity contribution in [3.63, 3.8) is 0 Å². The molecule has 136 valence electrons. The van der Waals surface area contributed by atoms with E-state index in [1.807, 2.05) is 0 Å². The Labute approximate surface area is 153 Å². The van der Waals surface area contributed by atoms with Crippen LogP contribution in [0.5, 0.6) is 0 Å². The first-order valence-corrected chi connectivity index (χ1v) is 9.99. The second kappa shape index (κ2) is 6.49. The molecule has 0 radical (unpaired) electrons. The number of rotatable bonds is 3. The molecule has 1 aliphatic heterocycles. The van der Waals surface area contributed by atoms with E-state index in [9.17, 15) is 4.79 Å². The molecule has 1 atom stereocenters. The van der Waals surface area contributed by atoms with Crippen molar-refractivity contribution < 1.29 is 0 Å². The summed E-state index contributed by atoms with van der Waals surface area (Å²) in [5.41, 5.74) is 4.87. The van der Waals surface area contributed by atoms with Crippen LogP contribution in [0.4, 0.5) is 5.82 Å². The Morgan fingerprint density at radius 3 is 2.85 bits per heavy atom. The van der Waals surface area contributed by atoms with Gasteiger partial charge in [-0.2, -0.15) is 5.10 Å². The minimum absolute atomic E-state index is 0.0437. The lowest BCUT2D eigenvalue weighted by atomic mass is 9.96. The second-order valence-electron chi connectivity index (χ2n) is 7.81. The van der Waals surface area contributed by atoms with Crippen LogP contribution >= 0.6 is 0 Å². The molecule has 0 saturated carbocycles. The van der Waals surface area contributed by atoms with E-state index in [0.717, 1.165) is 68.6 Å². The Morgan fingerprint density at radius 1 is 1.00 bits per heavy atom. The van der Waals surface area contributed by atoms with E-state index in [1.54, 1.807) is 17.1 Å². The van der Waals surface area contributed by atoms with Crippen molar-refractivity contribution in [1.29, 1.82) is 0 Å². The van der Waals surface area contributed by atoms with Crippen LogP contribution in [0.1, 0.15) is 54.6 Å². The van der Waals surface area contributed by atoms with Crippen molar-refractivity contribution in [2.45, 2.75) is 70.4 Å². The summed E-state index contributed by atoms with van der Waals surface area (Å²) in [6, 6.07) is 2.10. The molecular formula is C20H25N5O. The quantitative estimate of drug-likeness (QED) is 0.847. The topological polar surface area (TPSA) is 63.9 Å². The fraction of sp³-hybridized carbons (Fsp3) is 0.600. The van der Waals surface area contributed by atoms with Gasteiger partial charge < -0.3 is 4.90 Å². The molecule has 0 N–H and O–H groups in total. The van der Waals surface area contributed by atoms with Crippen LogP contribution in [-0.4, -0.2) is 32.3 Å². The largest absolute Gasteiger partial charge is 0.351 e. The Balaban J connectivity index is 1.45. The minimum atomic E-state index is 0.0437. The van der Waals surface area contributed by atoms with Crippen LogP contribution in [0, 0.1) is 0 Å². The number of anilines is 1. The number of hydrogen-bond donors (Lipinski definition) is 0. The molecule has 6 nitrogen and oxygen atoms in total. The fourth-order valence-electron chi connectivity index (χ4n) is 4.83. The van der Waals surface area contributed by atoms with E-state index >= 15 is 0 Å². The number of aryl methyl sites for hydroxylation is 3. The highest BCUT2D eigenvalue weighted by Gasteiger charge is 2.30. The average molecular weight is 351 g/mol. The van der Waals surface area contributed by atoms with Crippen LogP contribution in [0.15, 0.2) is 17.2 Å². The van der Waals surface area contributed by atoms with E-state index < -0.39 is 0 Å². The zero-order valence-electron chi connectivity index (χ0n) is 15.2. The predicted octanol–water partition coefficient (Wildman–Crippen LogP) is 2.07. The van der Waals surface area contributed by atoms with Crippen molar-refractivity contribution in [2.24, 2.45) is 0 Å². The first-order valence-electron chi connectivity index (χ1n) is 9.99. The molecule has 0 aromatic carbocycles. The lowest BCUT2D eigenvalue weighted by Gasteiger charge is -2.29. The smallest absolute Gasteiger partial charge is 0.267 e. The molecule has 1 saturated heterocycles. The van der Waals surface area contributed by atoms with Crippen molar-refractivity contribution in [1.82, 2.24) is 19.7 Å². The third kappa shape index (κ3) is 2.72. The molecule has 1 fully saturated rings. The Morgan fingerprint density at radius 2 is 1.88 bits per heavy atom. The SMILES string of the molecule is O=c1cc2c(nn1CC1CCCN1c1ncnc3c1CCCC3)CCC2. The zero-order chi connectivity index (χ0) is 17.5. The van der Waals surface area contributed by atoms with Gasteiger partial charge in [-0.05, 0) is 63.4 Å². The van der Waals surface area contributed by atoms with Crippen LogP contribution in [-0.2, 0) is 32.2 Å². The molecule has 2 aromatic rings. The molecule has 0 bridgehead atoms. The van der Waals surface area contributed by atoms with Gasteiger partial charge in [0, 0.05) is 23.9 Å². The molecule has 0 spiro atoms. The van der Waals surface area contributed by atoms with Crippen molar-refractivity contribution in [2.75, 3.05) is 11.4 Å². The number of fused-ring (bicyclic) bond motifs is 2. The molecule has 2 aromatic heterocycles. The maximum atomic E-state index is 12.5. The highest BCUT2D eigenvalue weighted by molar-refractivity contribution is 5.51. The van der Waals surface area contributed by atoms with Gasteiger partial charge in [-0.25, -0.2) is 14.6 Å². The second-order valence-corrected chi connectivity index (χ2v) is 7.81. The van der Waals surface area contributed by atoms with Crippen LogP contribution in [0.25, 0.3) is 0 Å². The standard InChI is InChI=1S/C20H25N5O/c26-19-11-14-5-3-9-17(14)23-25(19)12-15-6-4-10-24(15)20-16-7-1-2-8-18(16)21-13-22-20/h11,13,15H,1-10,12H2. The molecule has 0 amide bonds. The van der Waals surface area contributed by atoms with Gasteiger partial charge in [0.25, 0.3) is 5.56 Å². The van der Waals surface area contributed by atoms with E-state index in [-0.39, 0.29) is 5.56 Å². The van der Waals surface area contributed by atoms with Gasteiger partial charge in [0.1, 0.15) is 12.1 Å². The normalized spacial score (nSPS) is 21.7. The number of aromatic nitrogens is 4. The Hall–Kier alpha value is -2.24. The van der Waals surface area contributed by atoms with E-state index in [1.165, 1.54) is 24.1 Å². The molecule has 3 heterocycles. The summed E-state index contributed by atoms with van der Waals surface area (Å²) in [5.74, 6) is 1.10. The first kappa shape index (κ1) is 16.0. The van der Waals surface area contributed by atoms with Gasteiger partial charge in [-0.15, -0.1) is 0 Å². The number of nitrogens with zero attached hydrogens (tertiary/aromatic N) is 5. The lowest BCUT2D eigenvalue weighted by molar-refractivity contribution is 0.480. The van der Waals surface area contributed by atoms with Gasteiger partial charge in [0.15, 0.2) is 0 Å². The Kier molecular flexibility index (Phi) is 3.98. The van der Waals surface area contributed by atoms with Gasteiger partial charge >= 0.3 is 0 Å². The molecule has 1 unspecified atom stereocenters. The molecule has 26 heavy (non-hydrogen) atoms. The predicted molar refractivity (Wildman–Crippen MR) is 99.6 cm³/mol. The summed E-state index contributed by atoms with van der Waals surface area (Å²) < 4.78 is 1.70. The van der Waals surface area contributed by atoms with Crippen LogP contribution in [0.2, 0.25) is 0 Å². The highest BCUT2D eigenvalue weighted by atomic mass is 16.1. The lowest BCUT2D eigenvalue weighted by Crippen LogP contribution is -2.38. The van der Waals surface area contributed by atoms with Gasteiger partial charge in [-0.3, -0.25) is 4.79 Å². The van der Waals surface area contributed by atoms with Gasteiger partial charge in [0.05, 0.1) is 18.3 Å². The molecular weight excluding hydrogens is 326 g/mol. The molecule has 6 heteroatoms. The van der Waals surface area contributed by atoms with Crippen LogP contribution in [0.3, 0.4) is 0 Å². The van der Waals surface area contributed by atoms with Crippen molar-refractivity contribution >= 4 is 5.82 Å². The van der Waals surface area contributed by atoms with Crippen molar-refractivity contribution in [3.8, 4) is 0 Å². The van der Waals surface area contributed by atoms with Crippen molar-refractivity contribution in [3.05, 3.63) is 45.3 Å². The third-order valence-electron chi connectivity index (χ3n) is 6.16. The highest BCUT2D eigenvalue weighted by Crippen LogP contribution is 2.32. The fourth-order valence-corrected chi connectivity index (χ4v) is 4.83. The molecule has 3 aliphatic rings. The minimum Gasteiger partial charge on any atom is -0.351 e. The first-order chi connectivity index (χ1) is 12.8. The van der Waals surface area contributed by atoms with Gasteiger partial charge in [-0.1, -0.05) is 0 Å². The Bertz CT molecular complexity index is 890. The summed E-state index contributed by atoms with van der Waals surface area (Å²) in [5, 5.41) is 4.68. The summed E-state index contributed by atoms with van der Waals surface area (Å²) in [6.07, 6.45) is 11.7.